The van der Waals surface area contributed by atoms with Crippen molar-refractivity contribution in [2.24, 2.45) is 5.41 Å². The average molecular weight is 239 g/mol. The van der Waals surface area contributed by atoms with Crippen molar-refractivity contribution >= 4 is 0 Å². The molecule has 0 aliphatic carbocycles. The summed E-state index contributed by atoms with van der Waals surface area (Å²) in [5.74, 6) is 0. The lowest BCUT2D eigenvalue weighted by Gasteiger charge is -2.26. The summed E-state index contributed by atoms with van der Waals surface area (Å²) in [4.78, 5) is 2.45. The molecule has 0 atom stereocenters. The van der Waals surface area contributed by atoms with Crippen LogP contribution in [0.25, 0.3) is 0 Å². The van der Waals surface area contributed by atoms with Crippen molar-refractivity contribution in [3.63, 3.8) is 0 Å². The van der Waals surface area contributed by atoms with Crippen LogP contribution in [0.2, 0.25) is 0 Å². The van der Waals surface area contributed by atoms with Gasteiger partial charge in [0.05, 0.1) is 24.7 Å². The Labute approximate surface area is 105 Å². The van der Waals surface area contributed by atoms with E-state index in [2.05, 4.69) is 16.3 Å². The molecule has 1 saturated heterocycles. The molecular formula is C13H25N3O. The van der Waals surface area contributed by atoms with Gasteiger partial charge in [0.15, 0.2) is 0 Å². The number of nitriles is 1. The molecule has 1 aliphatic rings. The fourth-order valence-corrected chi connectivity index (χ4v) is 1.83. The van der Waals surface area contributed by atoms with Gasteiger partial charge in [0.1, 0.15) is 0 Å². The molecule has 98 valence electrons. The zero-order chi connectivity index (χ0) is 12.6. The van der Waals surface area contributed by atoms with Gasteiger partial charge in [0.25, 0.3) is 0 Å². The molecule has 0 amide bonds. The average Bonchev–Trinajstić information content (AvgIpc) is 2.35. The van der Waals surface area contributed by atoms with E-state index in [1.807, 2.05) is 13.8 Å². The van der Waals surface area contributed by atoms with Crippen LogP contribution in [0.3, 0.4) is 0 Å². The number of rotatable bonds is 7. The zero-order valence-corrected chi connectivity index (χ0v) is 11.2. The van der Waals surface area contributed by atoms with Crippen LogP contribution < -0.4 is 5.32 Å². The molecule has 0 spiro atoms. The Morgan fingerprint density at radius 3 is 2.65 bits per heavy atom. The van der Waals surface area contributed by atoms with E-state index >= 15 is 0 Å². The molecule has 0 unspecified atom stereocenters. The van der Waals surface area contributed by atoms with Gasteiger partial charge in [-0.1, -0.05) is 0 Å². The van der Waals surface area contributed by atoms with Crippen molar-refractivity contribution in [1.82, 2.24) is 10.2 Å². The van der Waals surface area contributed by atoms with Gasteiger partial charge in [0.2, 0.25) is 0 Å². The first kappa shape index (κ1) is 14.4. The summed E-state index contributed by atoms with van der Waals surface area (Å²) in [6, 6.07) is 2.32. The van der Waals surface area contributed by atoms with E-state index in [9.17, 15) is 0 Å². The van der Waals surface area contributed by atoms with Gasteiger partial charge in [-0.25, -0.2) is 0 Å². The number of nitrogens with one attached hydrogen (secondary N) is 1. The monoisotopic (exact) mass is 239 g/mol. The molecule has 0 aromatic carbocycles. The minimum Gasteiger partial charge on any atom is -0.379 e. The molecule has 0 aromatic rings. The van der Waals surface area contributed by atoms with Crippen LogP contribution in [0.15, 0.2) is 0 Å². The number of hydrogen-bond acceptors (Lipinski definition) is 4. The number of hydrogen-bond donors (Lipinski definition) is 1. The van der Waals surface area contributed by atoms with Crippen LogP contribution in [0.5, 0.6) is 0 Å². The van der Waals surface area contributed by atoms with E-state index in [1.54, 1.807) is 0 Å². The highest BCUT2D eigenvalue weighted by Crippen LogP contribution is 2.16. The number of morpholine rings is 1. The molecule has 0 bridgehead atoms. The van der Waals surface area contributed by atoms with Crippen LogP contribution >= 0.6 is 0 Å². The minimum atomic E-state index is -0.197. The molecule has 4 heteroatoms. The Balaban J connectivity index is 1.92. The Bertz CT molecular complexity index is 242. The van der Waals surface area contributed by atoms with Crippen LogP contribution in [0.1, 0.15) is 26.7 Å². The number of nitrogens with zero attached hydrogens (tertiary/aromatic N) is 2. The highest BCUT2D eigenvalue weighted by molar-refractivity contribution is 4.91. The molecule has 1 heterocycles. The van der Waals surface area contributed by atoms with Crippen molar-refractivity contribution in [2.45, 2.75) is 26.7 Å². The predicted octanol–water partition coefficient (Wildman–Crippen LogP) is 1.24. The van der Waals surface area contributed by atoms with Crippen LogP contribution in [-0.2, 0) is 4.74 Å². The first-order valence-electron chi connectivity index (χ1n) is 6.56. The fourth-order valence-electron chi connectivity index (χ4n) is 1.83. The van der Waals surface area contributed by atoms with E-state index < -0.39 is 0 Å². The standard InChI is InChI=1S/C13H25N3O/c1-13(2,12-14)4-6-15-5-3-7-16-8-10-17-11-9-16/h15H,3-11H2,1-2H3. The molecule has 0 saturated carbocycles. The SMILES string of the molecule is CC(C)(C#N)CCNCCCN1CCOCC1. The summed E-state index contributed by atoms with van der Waals surface area (Å²) in [6.07, 6.45) is 2.09. The van der Waals surface area contributed by atoms with Gasteiger partial charge in [-0.3, -0.25) is 4.90 Å². The normalized spacial score (nSPS) is 17.9. The molecule has 0 aromatic heterocycles. The van der Waals surface area contributed by atoms with Gasteiger partial charge in [-0.2, -0.15) is 5.26 Å². The molecule has 1 fully saturated rings. The lowest BCUT2D eigenvalue weighted by Crippen LogP contribution is -2.37. The van der Waals surface area contributed by atoms with Crippen molar-refractivity contribution < 1.29 is 4.74 Å². The molecule has 1 aliphatic heterocycles. The van der Waals surface area contributed by atoms with E-state index in [-0.39, 0.29) is 5.41 Å². The van der Waals surface area contributed by atoms with E-state index in [1.165, 1.54) is 6.42 Å². The summed E-state index contributed by atoms with van der Waals surface area (Å²) in [6.45, 7) is 11.0. The fraction of sp³-hybridized carbons (Fsp3) is 0.923. The smallest absolute Gasteiger partial charge is 0.0684 e. The third-order valence-electron chi connectivity index (χ3n) is 3.16. The van der Waals surface area contributed by atoms with Gasteiger partial charge < -0.3 is 10.1 Å². The summed E-state index contributed by atoms with van der Waals surface area (Å²) in [5, 5.41) is 12.3. The van der Waals surface area contributed by atoms with E-state index in [0.717, 1.165) is 52.4 Å². The molecular weight excluding hydrogens is 214 g/mol. The second-order valence-corrected chi connectivity index (χ2v) is 5.30. The second kappa shape index (κ2) is 7.65. The summed E-state index contributed by atoms with van der Waals surface area (Å²) < 4.78 is 5.31. The zero-order valence-electron chi connectivity index (χ0n) is 11.2. The number of ether oxygens (including phenoxy) is 1. The van der Waals surface area contributed by atoms with Gasteiger partial charge in [-0.05, 0) is 46.3 Å². The highest BCUT2D eigenvalue weighted by atomic mass is 16.5. The quantitative estimate of drug-likeness (QED) is 0.679. The third-order valence-corrected chi connectivity index (χ3v) is 3.16. The lowest BCUT2D eigenvalue weighted by molar-refractivity contribution is 0.0374. The molecule has 1 rings (SSSR count). The summed E-state index contributed by atoms with van der Waals surface area (Å²) >= 11 is 0. The third kappa shape index (κ3) is 6.62. The van der Waals surface area contributed by atoms with Crippen molar-refractivity contribution in [3.8, 4) is 6.07 Å². The first-order valence-corrected chi connectivity index (χ1v) is 6.56. The minimum absolute atomic E-state index is 0.197. The maximum atomic E-state index is 8.87. The maximum Gasteiger partial charge on any atom is 0.0684 e. The summed E-state index contributed by atoms with van der Waals surface area (Å²) in [7, 11) is 0. The van der Waals surface area contributed by atoms with Crippen molar-refractivity contribution in [3.05, 3.63) is 0 Å². The van der Waals surface area contributed by atoms with Gasteiger partial charge in [-0.15, -0.1) is 0 Å². The Morgan fingerprint density at radius 2 is 2.00 bits per heavy atom. The van der Waals surface area contributed by atoms with Crippen molar-refractivity contribution in [1.29, 1.82) is 5.26 Å². The van der Waals surface area contributed by atoms with E-state index in [4.69, 9.17) is 10.00 Å². The van der Waals surface area contributed by atoms with Gasteiger partial charge in [0, 0.05) is 13.1 Å². The largest absolute Gasteiger partial charge is 0.379 e. The second-order valence-electron chi connectivity index (χ2n) is 5.30. The predicted molar refractivity (Wildman–Crippen MR) is 68.8 cm³/mol. The van der Waals surface area contributed by atoms with E-state index in [0.29, 0.717) is 0 Å². The summed E-state index contributed by atoms with van der Waals surface area (Å²) in [5.41, 5.74) is -0.197. The first-order chi connectivity index (χ1) is 8.14. The van der Waals surface area contributed by atoms with Crippen LogP contribution in [0, 0.1) is 16.7 Å². The lowest BCUT2D eigenvalue weighted by atomic mass is 9.91. The molecule has 1 N–H and O–H groups in total. The maximum absolute atomic E-state index is 8.87. The topological polar surface area (TPSA) is 48.3 Å². The Morgan fingerprint density at radius 1 is 1.29 bits per heavy atom. The molecule has 0 radical (unpaired) electrons. The molecule has 4 nitrogen and oxygen atoms in total. The van der Waals surface area contributed by atoms with Crippen LogP contribution in [0.4, 0.5) is 0 Å². The Kier molecular flexibility index (Phi) is 6.49. The highest BCUT2D eigenvalue weighted by Gasteiger charge is 2.15. The van der Waals surface area contributed by atoms with Crippen LogP contribution in [-0.4, -0.2) is 50.8 Å². The van der Waals surface area contributed by atoms with Gasteiger partial charge >= 0.3 is 0 Å². The Hall–Kier alpha value is -0.630. The molecule has 17 heavy (non-hydrogen) atoms. The van der Waals surface area contributed by atoms with Crippen molar-refractivity contribution in [2.75, 3.05) is 45.9 Å².